The number of aromatic nitrogens is 1. The fourth-order valence-electron chi connectivity index (χ4n) is 3.35. The Morgan fingerprint density at radius 2 is 2.00 bits per heavy atom. The first-order valence-corrected chi connectivity index (χ1v) is 13.1. The van der Waals surface area contributed by atoms with Gasteiger partial charge in [-0.25, -0.2) is 8.42 Å². The topological polar surface area (TPSA) is 88.8 Å². The predicted molar refractivity (Wildman–Crippen MR) is 122 cm³/mol. The number of rotatable bonds is 6. The number of piperidine rings is 1. The van der Waals surface area contributed by atoms with E-state index >= 15 is 0 Å². The van der Waals surface area contributed by atoms with Gasteiger partial charge in [0.25, 0.3) is 5.91 Å². The molecule has 3 rings (SSSR count). The zero-order valence-electron chi connectivity index (χ0n) is 16.7. The SMILES string of the molecule is C=CCn1c(=NC(=O)CS(=O)(=O)CC(=O)N2CCC(C)CC2)sc2cc(Br)ccc21. The molecule has 0 N–H and O–H groups in total. The smallest absolute Gasteiger partial charge is 0.263 e. The number of sulfone groups is 1. The molecule has 0 aliphatic carbocycles. The molecule has 2 aromatic rings. The molecular formula is C20H24BrN3O4S2. The van der Waals surface area contributed by atoms with Gasteiger partial charge in [0.1, 0.15) is 11.5 Å². The quantitative estimate of drug-likeness (QED) is 0.555. The van der Waals surface area contributed by atoms with E-state index in [0.29, 0.717) is 30.4 Å². The molecule has 1 fully saturated rings. The Bertz CT molecular complexity index is 1140. The number of carbonyl (C=O) groups is 2. The molecule has 1 aromatic heterocycles. The summed E-state index contributed by atoms with van der Waals surface area (Å²) in [7, 11) is -3.89. The minimum absolute atomic E-state index is 0.402. The predicted octanol–water partition coefficient (Wildman–Crippen LogP) is 2.75. The number of halogens is 1. The van der Waals surface area contributed by atoms with Crippen LogP contribution in [0, 0.1) is 5.92 Å². The highest BCUT2D eigenvalue weighted by Gasteiger charge is 2.26. The molecule has 0 atom stereocenters. The molecule has 0 bridgehead atoms. The van der Waals surface area contributed by atoms with Crippen molar-refractivity contribution in [3.8, 4) is 0 Å². The van der Waals surface area contributed by atoms with Crippen LogP contribution in [0.2, 0.25) is 0 Å². The lowest BCUT2D eigenvalue weighted by Crippen LogP contribution is -2.41. The molecule has 1 saturated heterocycles. The number of carbonyl (C=O) groups excluding carboxylic acids is 2. The summed E-state index contributed by atoms with van der Waals surface area (Å²) < 4.78 is 28.5. The molecule has 0 saturated carbocycles. The maximum absolute atomic E-state index is 12.4. The maximum atomic E-state index is 12.4. The number of fused-ring (bicyclic) bond motifs is 1. The summed E-state index contributed by atoms with van der Waals surface area (Å²) in [5.74, 6) is -2.12. The number of allylic oxidation sites excluding steroid dienone is 1. The van der Waals surface area contributed by atoms with Crippen molar-refractivity contribution in [2.45, 2.75) is 26.3 Å². The van der Waals surface area contributed by atoms with E-state index in [0.717, 1.165) is 27.5 Å². The van der Waals surface area contributed by atoms with E-state index in [1.807, 2.05) is 22.8 Å². The summed E-state index contributed by atoms with van der Waals surface area (Å²) in [5.41, 5.74) is 0.881. The fourth-order valence-corrected chi connectivity index (χ4v) is 6.06. The van der Waals surface area contributed by atoms with Gasteiger partial charge in [0.15, 0.2) is 14.6 Å². The van der Waals surface area contributed by atoms with Crippen molar-refractivity contribution in [3.63, 3.8) is 0 Å². The molecule has 2 heterocycles. The lowest BCUT2D eigenvalue weighted by molar-refractivity contribution is -0.129. The largest absolute Gasteiger partial charge is 0.342 e. The zero-order valence-corrected chi connectivity index (χ0v) is 19.9. The Kier molecular flexibility index (Phi) is 7.30. The van der Waals surface area contributed by atoms with Gasteiger partial charge >= 0.3 is 0 Å². The van der Waals surface area contributed by atoms with Crippen LogP contribution in [0.4, 0.5) is 0 Å². The highest BCUT2D eigenvalue weighted by atomic mass is 79.9. The van der Waals surface area contributed by atoms with E-state index < -0.39 is 33.2 Å². The second-order valence-corrected chi connectivity index (χ2v) is 11.5. The van der Waals surface area contributed by atoms with Gasteiger partial charge in [-0.05, 0) is 37.0 Å². The van der Waals surface area contributed by atoms with E-state index in [-0.39, 0.29) is 0 Å². The van der Waals surface area contributed by atoms with Crippen LogP contribution in [0.1, 0.15) is 19.8 Å². The van der Waals surface area contributed by atoms with Crippen LogP contribution in [0.15, 0.2) is 40.3 Å². The first-order valence-electron chi connectivity index (χ1n) is 9.64. The number of hydrogen-bond donors (Lipinski definition) is 0. The van der Waals surface area contributed by atoms with E-state index in [2.05, 4.69) is 34.4 Å². The summed E-state index contributed by atoms with van der Waals surface area (Å²) in [6.45, 7) is 7.41. The van der Waals surface area contributed by atoms with Gasteiger partial charge in [-0.3, -0.25) is 9.59 Å². The van der Waals surface area contributed by atoms with E-state index in [1.54, 1.807) is 11.0 Å². The van der Waals surface area contributed by atoms with Crippen LogP contribution < -0.4 is 4.80 Å². The Hall–Kier alpha value is -1.78. The van der Waals surface area contributed by atoms with E-state index in [9.17, 15) is 18.0 Å². The van der Waals surface area contributed by atoms with Gasteiger partial charge in [0.05, 0.1) is 10.2 Å². The molecule has 1 aliphatic heterocycles. The highest BCUT2D eigenvalue weighted by molar-refractivity contribution is 9.10. The second kappa shape index (κ2) is 9.57. The van der Waals surface area contributed by atoms with Crippen LogP contribution in [-0.2, 0) is 26.0 Å². The van der Waals surface area contributed by atoms with Crippen molar-refractivity contribution in [3.05, 3.63) is 40.1 Å². The Labute approximate surface area is 188 Å². The number of hydrogen-bond acceptors (Lipinski definition) is 5. The number of likely N-dealkylation sites (tertiary alicyclic amines) is 1. The Morgan fingerprint density at radius 3 is 2.67 bits per heavy atom. The maximum Gasteiger partial charge on any atom is 0.263 e. The van der Waals surface area contributed by atoms with Crippen LogP contribution in [-0.4, -0.2) is 54.3 Å². The van der Waals surface area contributed by atoms with Gasteiger partial charge in [-0.2, -0.15) is 4.99 Å². The van der Waals surface area contributed by atoms with Gasteiger partial charge in [-0.15, -0.1) is 6.58 Å². The molecular weight excluding hydrogens is 490 g/mol. The molecule has 10 heteroatoms. The summed E-state index contributed by atoms with van der Waals surface area (Å²) >= 11 is 4.72. The van der Waals surface area contributed by atoms with Gasteiger partial charge in [0.2, 0.25) is 5.91 Å². The third-order valence-corrected chi connectivity index (χ3v) is 7.91. The lowest BCUT2D eigenvalue weighted by Gasteiger charge is -2.30. The standard InChI is InChI=1S/C20H24BrN3O4S2/c1-3-8-24-16-5-4-15(21)11-17(16)29-20(24)22-18(25)12-30(27,28)13-19(26)23-9-6-14(2)7-10-23/h3-5,11,14H,1,6-10,12-13H2,2H3. The molecule has 0 unspecified atom stereocenters. The van der Waals surface area contributed by atoms with Crippen molar-refractivity contribution in [1.29, 1.82) is 0 Å². The lowest BCUT2D eigenvalue weighted by atomic mass is 9.99. The Morgan fingerprint density at radius 1 is 1.30 bits per heavy atom. The van der Waals surface area contributed by atoms with Crippen LogP contribution in [0.25, 0.3) is 10.2 Å². The monoisotopic (exact) mass is 513 g/mol. The summed E-state index contributed by atoms with van der Waals surface area (Å²) in [5, 5.41) is 0. The molecule has 1 aliphatic rings. The fraction of sp³-hybridized carbons (Fsp3) is 0.450. The van der Waals surface area contributed by atoms with Crippen LogP contribution >= 0.6 is 27.3 Å². The summed E-state index contributed by atoms with van der Waals surface area (Å²) in [4.78, 5) is 30.8. The first-order chi connectivity index (χ1) is 14.2. The normalized spacial score (nSPS) is 16.2. The van der Waals surface area contributed by atoms with Crippen molar-refractivity contribution in [2.75, 3.05) is 24.6 Å². The molecule has 7 nitrogen and oxygen atoms in total. The highest BCUT2D eigenvalue weighted by Crippen LogP contribution is 2.22. The average Bonchev–Trinajstić information content (AvgIpc) is 2.97. The molecule has 30 heavy (non-hydrogen) atoms. The van der Waals surface area contributed by atoms with Gasteiger partial charge in [0, 0.05) is 24.1 Å². The third-order valence-electron chi connectivity index (χ3n) is 5.00. The van der Waals surface area contributed by atoms with Crippen molar-refractivity contribution < 1.29 is 18.0 Å². The summed E-state index contributed by atoms with van der Waals surface area (Å²) in [6.07, 6.45) is 3.42. The molecule has 162 valence electrons. The number of thiazole rings is 1. The third kappa shape index (κ3) is 5.67. The number of benzene rings is 1. The minimum Gasteiger partial charge on any atom is -0.342 e. The van der Waals surface area contributed by atoms with E-state index in [1.165, 1.54) is 11.3 Å². The molecule has 2 amide bonds. The number of amides is 2. The van der Waals surface area contributed by atoms with E-state index in [4.69, 9.17) is 0 Å². The van der Waals surface area contributed by atoms with Gasteiger partial charge in [-0.1, -0.05) is 40.3 Å². The number of nitrogens with zero attached hydrogens (tertiary/aromatic N) is 3. The molecule has 0 spiro atoms. The zero-order chi connectivity index (χ0) is 21.9. The first kappa shape index (κ1) is 22.9. The minimum atomic E-state index is -3.89. The van der Waals surface area contributed by atoms with Crippen molar-refractivity contribution >= 4 is 59.1 Å². The van der Waals surface area contributed by atoms with Crippen molar-refractivity contribution in [1.82, 2.24) is 9.47 Å². The average molecular weight is 514 g/mol. The molecule has 1 aromatic carbocycles. The van der Waals surface area contributed by atoms with Crippen LogP contribution in [0.3, 0.4) is 0 Å². The van der Waals surface area contributed by atoms with Gasteiger partial charge < -0.3 is 9.47 Å². The van der Waals surface area contributed by atoms with Crippen molar-refractivity contribution in [2.24, 2.45) is 10.9 Å². The summed E-state index contributed by atoms with van der Waals surface area (Å²) in [6, 6.07) is 5.70. The molecule has 0 radical (unpaired) electrons. The second-order valence-electron chi connectivity index (χ2n) is 7.50. The Balaban J connectivity index is 1.76. The van der Waals surface area contributed by atoms with Crippen LogP contribution in [0.5, 0.6) is 0 Å².